The molecule has 3 aromatic rings. The van der Waals surface area contributed by atoms with Crippen molar-refractivity contribution < 1.29 is 9.42 Å². The molecule has 29 heavy (non-hydrogen) atoms. The van der Waals surface area contributed by atoms with Gasteiger partial charge >= 0.3 is 0 Å². The molecule has 0 unspecified atom stereocenters. The van der Waals surface area contributed by atoms with E-state index in [4.69, 9.17) is 5.73 Å². The van der Waals surface area contributed by atoms with Crippen LogP contribution in [0.1, 0.15) is 41.0 Å². The fourth-order valence-corrected chi connectivity index (χ4v) is 3.22. The quantitative estimate of drug-likeness (QED) is 0.465. The number of amides is 1. The molecule has 11 heteroatoms. The van der Waals surface area contributed by atoms with E-state index < -0.39 is 5.91 Å². The standard InChI is InChI=1S/C18H21N9O2/c19-16-17(24-29-23-16)27-15(14(21-25-27)12-26-9-5-2-6-10-26)18(28)22-20-11-13-7-3-1-4-8-13/h1,3-4,7-8,11H,2,5-6,9-10,12H2,(H2,19,23)(H,22,28)/b20-11+. The number of benzene rings is 1. The van der Waals surface area contributed by atoms with Crippen LogP contribution in [0.5, 0.6) is 0 Å². The summed E-state index contributed by atoms with van der Waals surface area (Å²) >= 11 is 0. The van der Waals surface area contributed by atoms with Crippen molar-refractivity contribution in [2.24, 2.45) is 5.10 Å². The second-order valence-corrected chi connectivity index (χ2v) is 6.72. The van der Waals surface area contributed by atoms with Crippen LogP contribution >= 0.6 is 0 Å². The predicted molar refractivity (Wildman–Crippen MR) is 104 cm³/mol. The Morgan fingerprint density at radius 1 is 1.21 bits per heavy atom. The SMILES string of the molecule is Nc1nonc1-n1nnc(CN2CCCCC2)c1C(=O)N/N=C/c1ccccc1. The first-order valence-electron chi connectivity index (χ1n) is 9.36. The smallest absolute Gasteiger partial charge is 0.292 e. The van der Waals surface area contributed by atoms with Gasteiger partial charge in [0.1, 0.15) is 5.69 Å². The number of carbonyl (C=O) groups is 1. The van der Waals surface area contributed by atoms with E-state index in [-0.39, 0.29) is 17.3 Å². The highest BCUT2D eigenvalue weighted by molar-refractivity contribution is 5.95. The molecule has 150 valence electrons. The summed E-state index contributed by atoms with van der Waals surface area (Å²) in [5, 5.41) is 19.6. The minimum atomic E-state index is -0.475. The van der Waals surface area contributed by atoms with E-state index in [0.717, 1.165) is 31.5 Å². The van der Waals surface area contributed by atoms with Crippen molar-refractivity contribution in [1.29, 1.82) is 0 Å². The number of hydrogen-bond donors (Lipinski definition) is 2. The van der Waals surface area contributed by atoms with E-state index in [9.17, 15) is 4.79 Å². The number of piperidine rings is 1. The molecule has 3 N–H and O–H groups in total. The van der Waals surface area contributed by atoms with Crippen LogP contribution in [0.4, 0.5) is 5.82 Å². The zero-order chi connectivity index (χ0) is 20.1. The van der Waals surface area contributed by atoms with E-state index in [1.165, 1.54) is 11.1 Å². The van der Waals surface area contributed by atoms with E-state index >= 15 is 0 Å². The number of nitrogens with zero attached hydrogens (tertiary/aromatic N) is 7. The molecule has 0 atom stereocenters. The Morgan fingerprint density at radius 2 is 2.00 bits per heavy atom. The van der Waals surface area contributed by atoms with E-state index in [1.54, 1.807) is 6.21 Å². The first-order chi connectivity index (χ1) is 14.2. The lowest BCUT2D eigenvalue weighted by atomic mass is 10.1. The average Bonchev–Trinajstić information content (AvgIpc) is 3.35. The van der Waals surface area contributed by atoms with Crippen molar-refractivity contribution in [1.82, 2.24) is 35.6 Å². The lowest BCUT2D eigenvalue weighted by Crippen LogP contribution is -2.31. The molecule has 0 aliphatic carbocycles. The summed E-state index contributed by atoms with van der Waals surface area (Å²) in [6.45, 7) is 2.40. The molecule has 0 bridgehead atoms. The number of aromatic nitrogens is 5. The molecule has 1 fully saturated rings. The highest BCUT2D eigenvalue weighted by Crippen LogP contribution is 2.18. The second-order valence-electron chi connectivity index (χ2n) is 6.72. The average molecular weight is 395 g/mol. The summed E-state index contributed by atoms with van der Waals surface area (Å²) in [7, 11) is 0. The summed E-state index contributed by atoms with van der Waals surface area (Å²) in [6, 6.07) is 9.44. The van der Waals surface area contributed by atoms with Gasteiger partial charge in [-0.25, -0.2) is 10.1 Å². The number of carbonyl (C=O) groups excluding carboxylic acids is 1. The van der Waals surface area contributed by atoms with Crippen LogP contribution in [0, 0.1) is 0 Å². The third-order valence-corrected chi connectivity index (χ3v) is 4.65. The number of nitrogen functional groups attached to an aromatic ring is 1. The Bertz CT molecular complexity index is 990. The van der Waals surface area contributed by atoms with Crippen LogP contribution in [0.3, 0.4) is 0 Å². The summed E-state index contributed by atoms with van der Waals surface area (Å²) < 4.78 is 5.88. The van der Waals surface area contributed by atoms with Crippen LogP contribution in [0.15, 0.2) is 40.1 Å². The fourth-order valence-electron chi connectivity index (χ4n) is 3.22. The number of nitrogens with two attached hydrogens (primary N) is 1. The van der Waals surface area contributed by atoms with Crippen molar-refractivity contribution in [3.63, 3.8) is 0 Å². The van der Waals surface area contributed by atoms with Gasteiger partial charge in [0, 0.05) is 6.54 Å². The van der Waals surface area contributed by atoms with Gasteiger partial charge in [-0.1, -0.05) is 42.0 Å². The third kappa shape index (κ3) is 4.29. The molecule has 11 nitrogen and oxygen atoms in total. The van der Waals surface area contributed by atoms with E-state index in [0.29, 0.717) is 12.2 Å². The minimum absolute atomic E-state index is 0.0151. The summed E-state index contributed by atoms with van der Waals surface area (Å²) in [5.41, 5.74) is 9.88. The van der Waals surface area contributed by atoms with Gasteiger partial charge in [0.25, 0.3) is 5.91 Å². The number of hydrazone groups is 1. The number of hydrogen-bond acceptors (Lipinski definition) is 9. The van der Waals surface area contributed by atoms with Gasteiger partial charge in [-0.15, -0.1) is 5.10 Å². The predicted octanol–water partition coefficient (Wildman–Crippen LogP) is 0.982. The third-order valence-electron chi connectivity index (χ3n) is 4.65. The van der Waals surface area contributed by atoms with Crippen LogP contribution < -0.4 is 11.2 Å². The fraction of sp³-hybridized carbons (Fsp3) is 0.333. The van der Waals surface area contributed by atoms with Gasteiger partial charge in [0.05, 0.1) is 6.21 Å². The Labute approximate surface area is 166 Å². The maximum atomic E-state index is 12.9. The molecule has 3 heterocycles. The van der Waals surface area contributed by atoms with Crippen molar-refractivity contribution in [3.05, 3.63) is 47.3 Å². The van der Waals surface area contributed by atoms with Gasteiger partial charge < -0.3 is 5.73 Å². The lowest BCUT2D eigenvalue weighted by molar-refractivity contribution is 0.0944. The van der Waals surface area contributed by atoms with Crippen LogP contribution in [0.25, 0.3) is 5.82 Å². The molecule has 0 spiro atoms. The van der Waals surface area contributed by atoms with Crippen LogP contribution in [0.2, 0.25) is 0 Å². The molecule has 1 aliphatic heterocycles. The largest absolute Gasteiger partial charge is 0.378 e. The molecular formula is C18H21N9O2. The van der Waals surface area contributed by atoms with Crippen molar-refractivity contribution >= 4 is 17.9 Å². The maximum Gasteiger partial charge on any atom is 0.292 e. The molecule has 2 aromatic heterocycles. The van der Waals surface area contributed by atoms with Gasteiger partial charge in [0.2, 0.25) is 11.6 Å². The molecule has 1 amide bonds. The van der Waals surface area contributed by atoms with Crippen molar-refractivity contribution in [2.45, 2.75) is 25.8 Å². The molecular weight excluding hydrogens is 374 g/mol. The minimum Gasteiger partial charge on any atom is -0.378 e. The summed E-state index contributed by atoms with van der Waals surface area (Å²) in [5.74, 6) is -0.350. The molecule has 1 aliphatic rings. The van der Waals surface area contributed by atoms with Gasteiger partial charge in [0.15, 0.2) is 5.69 Å². The van der Waals surface area contributed by atoms with Crippen molar-refractivity contribution in [2.75, 3.05) is 18.8 Å². The van der Waals surface area contributed by atoms with Crippen molar-refractivity contribution in [3.8, 4) is 5.82 Å². The van der Waals surface area contributed by atoms with Crippen LogP contribution in [-0.2, 0) is 6.54 Å². The van der Waals surface area contributed by atoms with E-state index in [2.05, 4.69) is 40.7 Å². The highest BCUT2D eigenvalue weighted by atomic mass is 16.6. The molecule has 4 rings (SSSR count). The lowest BCUT2D eigenvalue weighted by Gasteiger charge is -2.25. The van der Waals surface area contributed by atoms with E-state index in [1.807, 2.05) is 30.3 Å². The topological polar surface area (TPSA) is 140 Å². The summed E-state index contributed by atoms with van der Waals surface area (Å²) in [4.78, 5) is 15.2. The molecule has 0 radical (unpaired) electrons. The Morgan fingerprint density at radius 3 is 2.72 bits per heavy atom. The maximum absolute atomic E-state index is 12.9. The number of nitrogens with one attached hydrogen (secondary N) is 1. The monoisotopic (exact) mass is 395 g/mol. The molecule has 0 saturated carbocycles. The first kappa shape index (κ1) is 18.7. The van der Waals surface area contributed by atoms with Gasteiger partial charge in [-0.2, -0.15) is 9.78 Å². The molecule has 1 aromatic carbocycles. The number of likely N-dealkylation sites (tertiary alicyclic amines) is 1. The second kappa shape index (κ2) is 8.61. The first-order valence-corrected chi connectivity index (χ1v) is 9.36. The Hall–Kier alpha value is -3.60. The summed E-state index contributed by atoms with van der Waals surface area (Å²) in [6.07, 6.45) is 5.02. The Balaban J connectivity index is 1.59. The number of rotatable bonds is 6. The van der Waals surface area contributed by atoms with Gasteiger partial charge in [-0.3, -0.25) is 9.69 Å². The normalized spacial score (nSPS) is 15.0. The number of anilines is 1. The zero-order valence-corrected chi connectivity index (χ0v) is 15.7. The highest BCUT2D eigenvalue weighted by Gasteiger charge is 2.26. The van der Waals surface area contributed by atoms with Crippen LogP contribution in [-0.4, -0.2) is 55.4 Å². The molecule has 1 saturated heterocycles. The zero-order valence-electron chi connectivity index (χ0n) is 15.7. The van der Waals surface area contributed by atoms with Gasteiger partial charge in [-0.05, 0) is 41.8 Å². The Kier molecular flexibility index (Phi) is 5.56.